The van der Waals surface area contributed by atoms with Crippen molar-refractivity contribution in [3.63, 3.8) is 0 Å². The fraction of sp³-hybridized carbons (Fsp3) is 0.167. The van der Waals surface area contributed by atoms with Crippen LogP contribution in [0.4, 0.5) is 8.78 Å². The maximum Gasteiger partial charge on any atom is 0.220 e. The first-order valence-electron chi connectivity index (χ1n) is 7.40. The first-order valence-corrected chi connectivity index (χ1v) is 7.40. The van der Waals surface area contributed by atoms with Crippen LogP contribution in [0.2, 0.25) is 0 Å². The fourth-order valence-corrected chi connectivity index (χ4v) is 2.30. The summed E-state index contributed by atoms with van der Waals surface area (Å²) in [6.45, 7) is 1.41. The lowest BCUT2D eigenvalue weighted by molar-refractivity contribution is -0.125. The molecule has 5 nitrogen and oxygen atoms in total. The van der Waals surface area contributed by atoms with Crippen LogP contribution in [-0.4, -0.2) is 16.9 Å². The zero-order valence-electron chi connectivity index (χ0n) is 13.1. The van der Waals surface area contributed by atoms with Crippen LogP contribution < -0.4 is 4.74 Å². The Morgan fingerprint density at radius 2 is 2.00 bits per heavy atom. The monoisotopic (exact) mass is 342 g/mol. The highest BCUT2D eigenvalue weighted by Crippen LogP contribution is 2.24. The Bertz CT molecular complexity index is 945. The van der Waals surface area contributed by atoms with Gasteiger partial charge in [-0.25, -0.2) is 13.8 Å². The Morgan fingerprint density at radius 1 is 1.24 bits per heavy atom. The van der Waals surface area contributed by atoms with Crippen LogP contribution in [0.3, 0.4) is 0 Å². The van der Waals surface area contributed by atoms with Crippen LogP contribution in [-0.2, 0) is 4.79 Å². The standard InChI is InChI=1S/C18H12F2N2O3/c1-10(24-11-6-7-13(19)14(20)8-11)17(23)12(9-21)18-22-15-4-2-3-5-16(15)25-18/h2-8,10,12H,1H3/t10-,12+/m0/s1. The van der Waals surface area contributed by atoms with Crippen LogP contribution in [0.25, 0.3) is 11.1 Å². The molecule has 0 aliphatic carbocycles. The van der Waals surface area contributed by atoms with Gasteiger partial charge in [-0.1, -0.05) is 12.1 Å². The highest BCUT2D eigenvalue weighted by atomic mass is 19.2. The number of aromatic nitrogens is 1. The van der Waals surface area contributed by atoms with E-state index in [0.717, 1.165) is 12.1 Å². The van der Waals surface area contributed by atoms with Gasteiger partial charge < -0.3 is 9.15 Å². The molecule has 0 spiro atoms. The second-order valence-corrected chi connectivity index (χ2v) is 5.32. The van der Waals surface area contributed by atoms with Gasteiger partial charge in [-0.2, -0.15) is 5.26 Å². The number of nitrogens with zero attached hydrogens (tertiary/aromatic N) is 2. The number of para-hydroxylation sites is 2. The second-order valence-electron chi connectivity index (χ2n) is 5.32. The summed E-state index contributed by atoms with van der Waals surface area (Å²) in [5.41, 5.74) is 0.986. The van der Waals surface area contributed by atoms with Crippen molar-refractivity contribution in [2.75, 3.05) is 0 Å². The molecule has 0 aliphatic rings. The lowest BCUT2D eigenvalue weighted by Gasteiger charge is -2.15. The Morgan fingerprint density at radius 3 is 2.68 bits per heavy atom. The van der Waals surface area contributed by atoms with Crippen molar-refractivity contribution < 1.29 is 22.7 Å². The van der Waals surface area contributed by atoms with Gasteiger partial charge in [0, 0.05) is 6.07 Å². The van der Waals surface area contributed by atoms with E-state index in [1.54, 1.807) is 24.3 Å². The lowest BCUT2D eigenvalue weighted by atomic mass is 10.0. The number of halogens is 2. The molecule has 3 rings (SSSR count). The van der Waals surface area contributed by atoms with Crippen molar-refractivity contribution >= 4 is 16.9 Å². The second kappa shape index (κ2) is 6.69. The van der Waals surface area contributed by atoms with E-state index in [4.69, 9.17) is 9.15 Å². The molecule has 0 saturated heterocycles. The summed E-state index contributed by atoms with van der Waals surface area (Å²) in [6.07, 6.45) is -1.08. The van der Waals surface area contributed by atoms with Gasteiger partial charge in [-0.3, -0.25) is 4.79 Å². The number of benzene rings is 2. The number of Topliss-reactive ketones (excluding diaryl/α,β-unsaturated/α-hetero) is 1. The third-order valence-electron chi connectivity index (χ3n) is 3.58. The van der Waals surface area contributed by atoms with Gasteiger partial charge in [0.1, 0.15) is 11.3 Å². The minimum atomic E-state index is -1.27. The first kappa shape index (κ1) is 16.6. The largest absolute Gasteiger partial charge is 0.483 e. The van der Waals surface area contributed by atoms with Crippen LogP contribution in [0.1, 0.15) is 18.7 Å². The molecule has 2 aromatic carbocycles. The Labute approximate surface area is 141 Å². The van der Waals surface area contributed by atoms with E-state index in [0.29, 0.717) is 11.1 Å². The van der Waals surface area contributed by atoms with Gasteiger partial charge in [-0.05, 0) is 31.2 Å². The molecular formula is C18H12F2N2O3. The van der Waals surface area contributed by atoms with Crippen molar-refractivity contribution in [1.29, 1.82) is 5.26 Å². The van der Waals surface area contributed by atoms with E-state index < -0.39 is 29.4 Å². The molecule has 7 heteroatoms. The predicted octanol–water partition coefficient (Wildman–Crippen LogP) is 3.75. The zero-order chi connectivity index (χ0) is 18.0. The molecule has 0 bridgehead atoms. The molecule has 0 radical (unpaired) electrons. The summed E-state index contributed by atoms with van der Waals surface area (Å²) in [6, 6.07) is 11.6. The number of carbonyl (C=O) groups excluding carboxylic acids is 1. The summed E-state index contributed by atoms with van der Waals surface area (Å²) in [5.74, 6) is -4.03. The molecule has 2 atom stereocenters. The maximum atomic E-state index is 13.2. The van der Waals surface area contributed by atoms with Gasteiger partial charge >= 0.3 is 0 Å². The number of rotatable bonds is 5. The van der Waals surface area contributed by atoms with E-state index >= 15 is 0 Å². The molecule has 25 heavy (non-hydrogen) atoms. The minimum Gasteiger partial charge on any atom is -0.483 e. The predicted molar refractivity (Wildman–Crippen MR) is 83.8 cm³/mol. The van der Waals surface area contributed by atoms with E-state index in [1.807, 2.05) is 6.07 Å². The lowest BCUT2D eigenvalue weighted by Crippen LogP contribution is -2.29. The average molecular weight is 342 g/mol. The topological polar surface area (TPSA) is 76.1 Å². The Hall–Kier alpha value is -3.27. The number of hydrogen-bond acceptors (Lipinski definition) is 5. The number of fused-ring (bicyclic) bond motifs is 1. The van der Waals surface area contributed by atoms with E-state index in [1.165, 1.54) is 13.0 Å². The van der Waals surface area contributed by atoms with Gasteiger partial charge in [0.05, 0.1) is 6.07 Å². The van der Waals surface area contributed by atoms with Gasteiger partial charge in [0.25, 0.3) is 0 Å². The van der Waals surface area contributed by atoms with Gasteiger partial charge in [-0.15, -0.1) is 0 Å². The smallest absolute Gasteiger partial charge is 0.220 e. The molecule has 1 aromatic heterocycles. The fourth-order valence-electron chi connectivity index (χ4n) is 2.30. The molecule has 0 saturated carbocycles. The van der Waals surface area contributed by atoms with E-state index in [9.17, 15) is 18.8 Å². The summed E-state index contributed by atoms with van der Waals surface area (Å²) in [7, 11) is 0. The van der Waals surface area contributed by atoms with Crippen molar-refractivity contribution in [2.24, 2.45) is 0 Å². The zero-order valence-corrected chi connectivity index (χ0v) is 13.1. The molecule has 0 N–H and O–H groups in total. The van der Waals surface area contributed by atoms with Crippen LogP contribution in [0.5, 0.6) is 5.75 Å². The number of oxazole rings is 1. The maximum absolute atomic E-state index is 13.2. The van der Waals surface area contributed by atoms with Crippen LogP contribution >= 0.6 is 0 Å². The third-order valence-corrected chi connectivity index (χ3v) is 3.58. The van der Waals surface area contributed by atoms with Crippen LogP contribution in [0, 0.1) is 23.0 Å². The average Bonchev–Trinajstić information content (AvgIpc) is 3.02. The normalized spacial score (nSPS) is 13.2. The third kappa shape index (κ3) is 3.33. The molecular weight excluding hydrogens is 330 g/mol. The van der Waals surface area contributed by atoms with Crippen LogP contribution in [0.15, 0.2) is 46.9 Å². The number of ketones is 1. The van der Waals surface area contributed by atoms with Crippen molar-refractivity contribution in [2.45, 2.75) is 18.9 Å². The van der Waals surface area contributed by atoms with Gasteiger partial charge in [0.2, 0.25) is 5.89 Å². The number of ether oxygens (including phenoxy) is 1. The highest BCUT2D eigenvalue weighted by Gasteiger charge is 2.31. The van der Waals surface area contributed by atoms with Crippen molar-refractivity contribution in [3.05, 3.63) is 60.0 Å². The molecule has 0 aliphatic heterocycles. The molecule has 126 valence electrons. The number of carbonyl (C=O) groups is 1. The van der Waals surface area contributed by atoms with Crippen molar-refractivity contribution in [1.82, 2.24) is 4.98 Å². The SMILES string of the molecule is C[C@H](Oc1ccc(F)c(F)c1)C(=O)[C@@H](C#N)c1nc2ccccc2o1. The quantitative estimate of drug-likeness (QED) is 0.706. The summed E-state index contributed by atoms with van der Waals surface area (Å²) >= 11 is 0. The molecule has 3 aromatic rings. The highest BCUT2D eigenvalue weighted by molar-refractivity contribution is 5.91. The molecule has 1 heterocycles. The van der Waals surface area contributed by atoms with Crippen molar-refractivity contribution in [3.8, 4) is 11.8 Å². The molecule has 0 amide bonds. The minimum absolute atomic E-state index is 0.0194. The Balaban J connectivity index is 1.81. The Kier molecular flexibility index (Phi) is 4.44. The number of nitriles is 1. The number of hydrogen-bond donors (Lipinski definition) is 0. The van der Waals surface area contributed by atoms with E-state index in [-0.39, 0.29) is 11.6 Å². The van der Waals surface area contributed by atoms with E-state index in [2.05, 4.69) is 4.98 Å². The summed E-state index contributed by atoms with van der Waals surface area (Å²) in [4.78, 5) is 16.6. The summed E-state index contributed by atoms with van der Waals surface area (Å²) in [5, 5.41) is 9.33. The molecule has 0 unspecified atom stereocenters. The summed E-state index contributed by atoms with van der Waals surface area (Å²) < 4.78 is 36.9. The first-order chi connectivity index (χ1) is 12.0. The molecule has 0 fully saturated rings. The van der Waals surface area contributed by atoms with Gasteiger partial charge in [0.15, 0.2) is 35.0 Å².